The minimum atomic E-state index is 0.154. The van der Waals surface area contributed by atoms with Crippen molar-refractivity contribution in [1.29, 1.82) is 0 Å². The van der Waals surface area contributed by atoms with Gasteiger partial charge in [0.1, 0.15) is 5.76 Å². The van der Waals surface area contributed by atoms with Crippen molar-refractivity contribution in [2.75, 3.05) is 13.1 Å². The Bertz CT molecular complexity index is 594. The van der Waals surface area contributed by atoms with E-state index in [1.807, 2.05) is 41.3 Å². The summed E-state index contributed by atoms with van der Waals surface area (Å²) in [6, 6.07) is 11.4. The zero-order chi connectivity index (χ0) is 13.9. The Labute approximate surface area is 123 Å². The second kappa shape index (κ2) is 5.71. The molecule has 104 valence electrons. The first-order valence-electron chi connectivity index (χ1n) is 6.78. The average Bonchev–Trinajstić information content (AvgIpc) is 3.10. The summed E-state index contributed by atoms with van der Waals surface area (Å²) in [7, 11) is 0. The number of nitrogens with zero attached hydrogens (tertiary/aromatic N) is 1. The van der Waals surface area contributed by atoms with Crippen molar-refractivity contribution in [3.8, 4) is 0 Å². The number of likely N-dealkylation sites (tertiary alicyclic amines) is 1. The Kier molecular flexibility index (Phi) is 3.79. The Morgan fingerprint density at radius 2 is 2.25 bits per heavy atom. The van der Waals surface area contributed by atoms with Gasteiger partial charge in [-0.25, -0.2) is 0 Å². The molecule has 0 spiro atoms. The van der Waals surface area contributed by atoms with Gasteiger partial charge in [-0.3, -0.25) is 4.79 Å². The lowest BCUT2D eigenvalue weighted by atomic mass is 10.1. The van der Waals surface area contributed by atoms with E-state index in [0.717, 1.165) is 30.8 Å². The highest BCUT2D eigenvalue weighted by Gasteiger charge is 2.28. The van der Waals surface area contributed by atoms with Crippen molar-refractivity contribution < 1.29 is 9.21 Å². The molecule has 1 aromatic heterocycles. The van der Waals surface area contributed by atoms with E-state index in [0.29, 0.717) is 17.4 Å². The molecule has 1 atom stereocenters. The van der Waals surface area contributed by atoms with Crippen molar-refractivity contribution in [2.24, 2.45) is 0 Å². The van der Waals surface area contributed by atoms with E-state index < -0.39 is 0 Å². The molecule has 1 unspecified atom stereocenters. The first-order chi connectivity index (χ1) is 9.72. The Hall–Kier alpha value is -1.74. The molecule has 0 aliphatic carbocycles. The van der Waals surface area contributed by atoms with Crippen LogP contribution in [0.1, 0.15) is 23.7 Å². The predicted molar refractivity (Wildman–Crippen MR) is 77.8 cm³/mol. The Balaban J connectivity index is 1.61. The van der Waals surface area contributed by atoms with E-state index >= 15 is 0 Å². The first-order valence-corrected chi connectivity index (χ1v) is 7.16. The molecule has 4 heteroatoms. The van der Waals surface area contributed by atoms with Gasteiger partial charge in [0, 0.05) is 24.0 Å². The summed E-state index contributed by atoms with van der Waals surface area (Å²) in [5.74, 6) is 1.46. The number of carbonyl (C=O) groups excluding carboxylic acids is 1. The molecule has 0 saturated carbocycles. The van der Waals surface area contributed by atoms with Gasteiger partial charge in [-0.2, -0.15) is 0 Å². The third-order valence-electron chi connectivity index (χ3n) is 3.73. The van der Waals surface area contributed by atoms with E-state index in [2.05, 4.69) is 0 Å². The minimum Gasteiger partial charge on any atom is -0.469 e. The van der Waals surface area contributed by atoms with Gasteiger partial charge in [0.25, 0.3) is 0 Å². The summed E-state index contributed by atoms with van der Waals surface area (Å²) in [5.41, 5.74) is 0.962. The molecule has 2 aromatic rings. The maximum absolute atomic E-state index is 12.3. The molecule has 1 aromatic carbocycles. The fourth-order valence-electron chi connectivity index (χ4n) is 2.68. The molecule has 0 N–H and O–H groups in total. The molecule has 1 amide bonds. The minimum absolute atomic E-state index is 0.154. The van der Waals surface area contributed by atoms with Crippen LogP contribution in [0.5, 0.6) is 0 Å². The standard InChI is InChI=1S/C16H16ClNO2/c17-14-4-1-3-12(9-14)10-16(19)18-7-6-13(11-18)15-5-2-8-20-15/h1-5,8-9,13H,6-7,10-11H2. The number of rotatable bonds is 3. The molecule has 1 fully saturated rings. The van der Waals surface area contributed by atoms with Crippen molar-refractivity contribution in [1.82, 2.24) is 4.90 Å². The lowest BCUT2D eigenvalue weighted by Gasteiger charge is -2.16. The van der Waals surface area contributed by atoms with Crippen LogP contribution in [0.2, 0.25) is 5.02 Å². The van der Waals surface area contributed by atoms with Gasteiger partial charge in [0.2, 0.25) is 5.91 Å². The van der Waals surface area contributed by atoms with Crippen LogP contribution in [-0.2, 0) is 11.2 Å². The van der Waals surface area contributed by atoms with Gasteiger partial charge in [0.15, 0.2) is 0 Å². The number of hydrogen-bond acceptors (Lipinski definition) is 2. The number of hydrogen-bond donors (Lipinski definition) is 0. The summed E-state index contributed by atoms with van der Waals surface area (Å²) < 4.78 is 5.42. The van der Waals surface area contributed by atoms with Gasteiger partial charge >= 0.3 is 0 Å². The number of benzene rings is 1. The average molecular weight is 290 g/mol. The highest BCUT2D eigenvalue weighted by Crippen LogP contribution is 2.27. The van der Waals surface area contributed by atoms with Crippen molar-refractivity contribution in [3.63, 3.8) is 0 Å². The monoisotopic (exact) mass is 289 g/mol. The van der Waals surface area contributed by atoms with Crippen LogP contribution in [0, 0.1) is 0 Å². The molecule has 0 bridgehead atoms. The molecular formula is C16H16ClNO2. The highest BCUT2D eigenvalue weighted by molar-refractivity contribution is 6.30. The largest absolute Gasteiger partial charge is 0.469 e. The zero-order valence-electron chi connectivity index (χ0n) is 11.1. The van der Waals surface area contributed by atoms with Gasteiger partial charge in [0.05, 0.1) is 12.7 Å². The van der Waals surface area contributed by atoms with E-state index in [1.54, 1.807) is 6.26 Å². The zero-order valence-corrected chi connectivity index (χ0v) is 11.8. The summed E-state index contributed by atoms with van der Waals surface area (Å²) in [4.78, 5) is 14.2. The third kappa shape index (κ3) is 2.88. The van der Waals surface area contributed by atoms with Crippen LogP contribution < -0.4 is 0 Å². The third-order valence-corrected chi connectivity index (χ3v) is 3.97. The highest BCUT2D eigenvalue weighted by atomic mass is 35.5. The summed E-state index contributed by atoms with van der Waals surface area (Å²) in [5, 5.41) is 0.671. The second-order valence-electron chi connectivity index (χ2n) is 5.15. The van der Waals surface area contributed by atoms with E-state index in [1.165, 1.54) is 0 Å². The SMILES string of the molecule is O=C(Cc1cccc(Cl)c1)N1CCC(c2ccco2)C1. The summed E-state index contributed by atoms with van der Waals surface area (Å²) in [6.45, 7) is 1.54. The number of furan rings is 1. The van der Waals surface area contributed by atoms with Gasteiger partial charge in [-0.1, -0.05) is 23.7 Å². The number of halogens is 1. The Morgan fingerprint density at radius 3 is 3.00 bits per heavy atom. The maximum atomic E-state index is 12.3. The number of amides is 1. The summed E-state index contributed by atoms with van der Waals surface area (Å²) in [6.07, 6.45) is 3.06. The van der Waals surface area contributed by atoms with Crippen molar-refractivity contribution >= 4 is 17.5 Å². The van der Waals surface area contributed by atoms with Gasteiger partial charge < -0.3 is 9.32 Å². The van der Waals surface area contributed by atoms with Crippen molar-refractivity contribution in [3.05, 3.63) is 59.0 Å². The normalized spacial score (nSPS) is 18.4. The fraction of sp³-hybridized carbons (Fsp3) is 0.312. The van der Waals surface area contributed by atoms with Crippen LogP contribution >= 0.6 is 11.6 Å². The first kappa shape index (κ1) is 13.3. The lowest BCUT2D eigenvalue weighted by molar-refractivity contribution is -0.129. The molecular weight excluding hydrogens is 274 g/mol. The molecule has 2 heterocycles. The maximum Gasteiger partial charge on any atom is 0.227 e. The molecule has 3 nitrogen and oxygen atoms in total. The lowest BCUT2D eigenvalue weighted by Crippen LogP contribution is -2.29. The quantitative estimate of drug-likeness (QED) is 0.866. The molecule has 20 heavy (non-hydrogen) atoms. The van der Waals surface area contributed by atoms with E-state index in [-0.39, 0.29) is 5.91 Å². The van der Waals surface area contributed by atoms with Crippen molar-refractivity contribution in [2.45, 2.75) is 18.8 Å². The molecule has 0 radical (unpaired) electrons. The van der Waals surface area contributed by atoms with Gasteiger partial charge in [-0.05, 0) is 36.2 Å². The van der Waals surface area contributed by atoms with E-state index in [9.17, 15) is 4.79 Å². The fourth-order valence-corrected chi connectivity index (χ4v) is 2.89. The van der Waals surface area contributed by atoms with Crippen LogP contribution in [0.25, 0.3) is 0 Å². The van der Waals surface area contributed by atoms with Crippen LogP contribution in [0.4, 0.5) is 0 Å². The number of carbonyl (C=O) groups is 1. The molecule has 3 rings (SSSR count). The van der Waals surface area contributed by atoms with Crippen LogP contribution in [0.3, 0.4) is 0 Å². The smallest absolute Gasteiger partial charge is 0.227 e. The van der Waals surface area contributed by atoms with Crippen LogP contribution in [0.15, 0.2) is 47.1 Å². The Morgan fingerprint density at radius 1 is 1.35 bits per heavy atom. The topological polar surface area (TPSA) is 33.5 Å². The predicted octanol–water partition coefficient (Wildman–Crippen LogP) is 3.49. The molecule has 1 aliphatic heterocycles. The molecule has 1 aliphatic rings. The van der Waals surface area contributed by atoms with Crippen LogP contribution in [-0.4, -0.2) is 23.9 Å². The second-order valence-corrected chi connectivity index (χ2v) is 5.58. The van der Waals surface area contributed by atoms with E-state index in [4.69, 9.17) is 16.0 Å². The van der Waals surface area contributed by atoms with Gasteiger partial charge in [-0.15, -0.1) is 0 Å². The summed E-state index contributed by atoms with van der Waals surface area (Å²) >= 11 is 5.94. The molecule has 1 saturated heterocycles.